The molecule has 10 aromatic rings. The van der Waals surface area contributed by atoms with Crippen molar-refractivity contribution in [2.24, 2.45) is 0 Å². The van der Waals surface area contributed by atoms with E-state index in [1.165, 1.54) is 106 Å². The van der Waals surface area contributed by atoms with Gasteiger partial charge in [-0.05, 0) is 104 Å². The summed E-state index contributed by atoms with van der Waals surface area (Å²) in [6, 6.07) is 54.4. The minimum atomic E-state index is 1.03. The second-order valence-corrected chi connectivity index (χ2v) is 15.6. The summed E-state index contributed by atoms with van der Waals surface area (Å²) in [5.74, 6) is 0. The highest BCUT2D eigenvalue weighted by molar-refractivity contribution is 7.27. The van der Waals surface area contributed by atoms with E-state index in [-0.39, 0.29) is 0 Å². The van der Waals surface area contributed by atoms with Gasteiger partial charge in [-0.2, -0.15) is 0 Å². The maximum absolute atomic E-state index is 2.46. The molecule has 0 radical (unpaired) electrons. The summed E-state index contributed by atoms with van der Waals surface area (Å²) in [5, 5.41) is 13.4. The highest BCUT2D eigenvalue weighted by Gasteiger charge is 2.20. The lowest BCUT2D eigenvalue weighted by atomic mass is 9.82. The van der Waals surface area contributed by atoms with Gasteiger partial charge in [-0.1, -0.05) is 127 Å². The first-order valence-electron chi connectivity index (χ1n) is 17.4. The van der Waals surface area contributed by atoms with Crippen molar-refractivity contribution in [3.8, 4) is 11.1 Å². The van der Waals surface area contributed by atoms with Crippen LogP contribution in [0.25, 0.3) is 94.9 Å². The molecule has 1 aliphatic rings. The maximum atomic E-state index is 2.46. The molecule has 50 heavy (non-hydrogen) atoms. The predicted molar refractivity (Wildman–Crippen MR) is 222 cm³/mol. The van der Waals surface area contributed by atoms with Crippen molar-refractivity contribution in [1.82, 2.24) is 0 Å². The van der Waals surface area contributed by atoms with Gasteiger partial charge in [0.1, 0.15) is 0 Å². The normalized spacial score (nSPS) is 13.7. The molecule has 0 nitrogen and oxygen atoms in total. The fourth-order valence-corrected chi connectivity index (χ4v) is 10.8. The molecule has 0 saturated heterocycles. The molecule has 11 rings (SSSR count). The molecule has 0 aliphatic heterocycles. The summed E-state index contributed by atoms with van der Waals surface area (Å²) in [4.78, 5) is 0. The first kappa shape index (κ1) is 28.3. The molecule has 234 valence electrons. The molecule has 2 aromatic heterocycles. The number of hydrogen-bond donors (Lipinski definition) is 0. The summed E-state index contributed by atoms with van der Waals surface area (Å²) in [6.07, 6.45) is 6.80. The lowest BCUT2D eigenvalue weighted by molar-refractivity contribution is 1.08. The smallest absolute Gasteiger partial charge is 0.0434 e. The Morgan fingerprint density at radius 3 is 1.70 bits per heavy atom. The molecule has 0 atom stereocenters. The van der Waals surface area contributed by atoms with Crippen LogP contribution in [0.15, 0.2) is 158 Å². The van der Waals surface area contributed by atoms with Crippen molar-refractivity contribution < 1.29 is 0 Å². The third kappa shape index (κ3) is 4.22. The van der Waals surface area contributed by atoms with E-state index in [2.05, 4.69) is 158 Å². The zero-order chi connectivity index (χ0) is 32.8. The van der Waals surface area contributed by atoms with Crippen LogP contribution in [0, 0.1) is 0 Å². The molecule has 0 bridgehead atoms. The van der Waals surface area contributed by atoms with Crippen molar-refractivity contribution >= 4 is 106 Å². The summed E-state index contributed by atoms with van der Waals surface area (Å²) >= 11 is 3.83. The Labute approximate surface area is 297 Å². The molecule has 2 heterocycles. The Balaban J connectivity index is 1.12. The van der Waals surface area contributed by atoms with Crippen LogP contribution in [-0.4, -0.2) is 0 Å². The second kappa shape index (κ2) is 11.0. The largest absolute Gasteiger partial charge is 0.135 e. The van der Waals surface area contributed by atoms with Crippen LogP contribution in [0.5, 0.6) is 0 Å². The van der Waals surface area contributed by atoms with Gasteiger partial charge in [0.15, 0.2) is 0 Å². The van der Waals surface area contributed by atoms with Gasteiger partial charge in [-0.25, -0.2) is 0 Å². The van der Waals surface area contributed by atoms with Crippen molar-refractivity contribution in [1.29, 1.82) is 0 Å². The minimum absolute atomic E-state index is 1.03. The van der Waals surface area contributed by atoms with Gasteiger partial charge in [0, 0.05) is 45.7 Å². The second-order valence-electron chi connectivity index (χ2n) is 13.5. The zero-order valence-electron chi connectivity index (χ0n) is 27.2. The lowest BCUT2D eigenvalue weighted by Crippen LogP contribution is -1.97. The maximum Gasteiger partial charge on any atom is 0.0434 e. The Hall–Kier alpha value is -5.54. The molecule has 0 N–H and O–H groups in total. The average Bonchev–Trinajstić information content (AvgIpc) is 3.74. The van der Waals surface area contributed by atoms with Crippen LogP contribution < -0.4 is 0 Å². The van der Waals surface area contributed by atoms with E-state index in [1.807, 2.05) is 22.7 Å². The quantitative estimate of drug-likeness (QED) is 0.164. The van der Waals surface area contributed by atoms with Crippen LogP contribution in [0.4, 0.5) is 0 Å². The van der Waals surface area contributed by atoms with E-state index in [9.17, 15) is 0 Å². The fraction of sp³-hybridized carbons (Fsp3) is 0.0417. The number of benzene rings is 8. The van der Waals surface area contributed by atoms with Crippen LogP contribution >= 0.6 is 22.7 Å². The third-order valence-corrected chi connectivity index (χ3v) is 13.1. The van der Waals surface area contributed by atoms with Crippen molar-refractivity contribution in [3.05, 3.63) is 169 Å². The molecule has 1 aliphatic carbocycles. The van der Waals surface area contributed by atoms with Gasteiger partial charge in [0.2, 0.25) is 0 Å². The number of allylic oxidation sites excluding steroid dienone is 4. The van der Waals surface area contributed by atoms with E-state index in [4.69, 9.17) is 0 Å². The Morgan fingerprint density at radius 1 is 0.340 bits per heavy atom. The molecule has 0 unspecified atom stereocenters. The van der Waals surface area contributed by atoms with Crippen molar-refractivity contribution in [3.63, 3.8) is 0 Å². The molecule has 0 saturated carbocycles. The highest BCUT2D eigenvalue weighted by Crippen LogP contribution is 2.47. The van der Waals surface area contributed by atoms with Gasteiger partial charge in [0.05, 0.1) is 0 Å². The molecule has 8 aromatic carbocycles. The highest BCUT2D eigenvalue weighted by atomic mass is 32.1. The molecule has 0 amide bonds. The van der Waals surface area contributed by atoms with Crippen molar-refractivity contribution in [2.75, 3.05) is 0 Å². The van der Waals surface area contributed by atoms with Crippen LogP contribution in [0.1, 0.15) is 24.0 Å². The summed E-state index contributed by atoms with van der Waals surface area (Å²) in [6.45, 7) is 0. The SMILES string of the molecule is C1=C(c2ccccc2)CCC(c2c3ccccc3c(-c3ccc4sc5c6cc7sc8ccccc8c7cc6ccc5c4c3)c3ccccc23)=C1. The number of thiophene rings is 2. The van der Waals surface area contributed by atoms with Crippen molar-refractivity contribution in [2.45, 2.75) is 12.8 Å². The average molecular weight is 671 g/mol. The van der Waals surface area contributed by atoms with Crippen LogP contribution in [0.2, 0.25) is 0 Å². The Bertz CT molecular complexity index is 3020. The standard InChI is InChI=1S/C48H30S2/c1-2-10-29(11-3-1)30-18-20-31(21-19-30)46-35-13-4-6-15-37(35)47(38-16-7-5-14-36(38)46)33-23-25-44-42(27-33)39-24-22-32-26-41-34-12-8-9-17-43(34)49-45(41)28-40(32)48(39)50-44/h1-18,20,22-28H,19,21H2. The summed E-state index contributed by atoms with van der Waals surface area (Å²) in [7, 11) is 0. The van der Waals surface area contributed by atoms with E-state index in [1.54, 1.807) is 0 Å². The zero-order valence-corrected chi connectivity index (χ0v) is 28.9. The summed E-state index contributed by atoms with van der Waals surface area (Å²) in [5.41, 5.74) is 8.14. The first-order valence-corrected chi connectivity index (χ1v) is 19.0. The Kier molecular flexibility index (Phi) is 6.22. The number of fused-ring (bicyclic) bond motifs is 10. The number of rotatable bonds is 3. The van der Waals surface area contributed by atoms with Gasteiger partial charge < -0.3 is 0 Å². The van der Waals surface area contributed by atoms with E-state index < -0.39 is 0 Å². The molecule has 0 fully saturated rings. The predicted octanol–water partition coefficient (Wildman–Crippen LogP) is 14.8. The monoisotopic (exact) mass is 670 g/mol. The van der Waals surface area contributed by atoms with Gasteiger partial charge in [-0.15, -0.1) is 22.7 Å². The number of hydrogen-bond acceptors (Lipinski definition) is 2. The third-order valence-electron chi connectivity index (χ3n) is 10.8. The van der Waals surface area contributed by atoms with Gasteiger partial charge in [-0.3, -0.25) is 0 Å². The Morgan fingerprint density at radius 2 is 0.960 bits per heavy atom. The summed E-state index contributed by atoms with van der Waals surface area (Å²) < 4.78 is 5.44. The van der Waals surface area contributed by atoms with Gasteiger partial charge >= 0.3 is 0 Å². The fourth-order valence-electron chi connectivity index (χ4n) is 8.46. The van der Waals surface area contributed by atoms with Gasteiger partial charge in [0.25, 0.3) is 0 Å². The van der Waals surface area contributed by atoms with Crippen LogP contribution in [0.3, 0.4) is 0 Å². The molecule has 2 heteroatoms. The first-order chi connectivity index (χ1) is 24.8. The lowest BCUT2D eigenvalue weighted by Gasteiger charge is -2.21. The van der Waals surface area contributed by atoms with E-state index in [0.29, 0.717) is 0 Å². The van der Waals surface area contributed by atoms with E-state index in [0.717, 1.165) is 12.8 Å². The minimum Gasteiger partial charge on any atom is -0.135 e. The topological polar surface area (TPSA) is 0 Å². The molecular formula is C48H30S2. The molecule has 0 spiro atoms. The molecular weight excluding hydrogens is 641 g/mol. The van der Waals surface area contributed by atoms with E-state index >= 15 is 0 Å². The van der Waals surface area contributed by atoms with Crippen LogP contribution in [-0.2, 0) is 0 Å².